The van der Waals surface area contributed by atoms with Crippen LogP contribution in [0.5, 0.6) is 0 Å². The lowest BCUT2D eigenvalue weighted by Gasteiger charge is -2.37. The molecule has 1 aliphatic carbocycles. The number of para-hydroxylation sites is 1. The first-order valence-electron chi connectivity index (χ1n) is 6.96. The van der Waals surface area contributed by atoms with E-state index in [9.17, 15) is 0 Å². The zero-order valence-electron chi connectivity index (χ0n) is 11.7. The Morgan fingerprint density at radius 2 is 1.89 bits per heavy atom. The van der Waals surface area contributed by atoms with E-state index in [1.54, 1.807) is 0 Å². The predicted molar refractivity (Wildman–Crippen MR) is 89.8 cm³/mol. The van der Waals surface area contributed by atoms with Crippen LogP contribution in [-0.2, 0) is 0 Å². The zero-order chi connectivity index (χ0) is 13.7. The van der Waals surface area contributed by atoms with Gasteiger partial charge in [0, 0.05) is 20.6 Å². The molecule has 1 aliphatic rings. The molecule has 2 rings (SSSR count). The van der Waals surface area contributed by atoms with Crippen molar-refractivity contribution in [1.29, 1.82) is 0 Å². The molecular formula is C15H27N3S. The van der Waals surface area contributed by atoms with Gasteiger partial charge in [-0.25, -0.2) is 0 Å². The molecule has 1 fully saturated rings. The van der Waals surface area contributed by atoms with Gasteiger partial charge in [-0.2, -0.15) is 0 Å². The highest BCUT2D eigenvalue weighted by Crippen LogP contribution is 2.21. The summed E-state index contributed by atoms with van der Waals surface area (Å²) < 4.78 is 0. The van der Waals surface area contributed by atoms with Crippen LogP contribution in [0.1, 0.15) is 28.5 Å². The summed E-state index contributed by atoms with van der Waals surface area (Å²) in [6, 6.07) is 11.1. The Morgan fingerprint density at radius 1 is 1.21 bits per heavy atom. The van der Waals surface area contributed by atoms with Crippen molar-refractivity contribution >= 4 is 23.0 Å². The molecule has 0 bridgehead atoms. The minimum Gasteiger partial charge on any atom is -0.358 e. The highest BCUT2D eigenvalue weighted by atomic mass is 32.1. The normalized spacial score (nSPS) is 23.1. The minimum atomic E-state index is 0. The highest BCUT2D eigenvalue weighted by molar-refractivity contribution is 7.80. The van der Waals surface area contributed by atoms with E-state index < -0.39 is 0 Å². The first-order valence-corrected chi connectivity index (χ1v) is 7.36. The van der Waals surface area contributed by atoms with Gasteiger partial charge in [0.15, 0.2) is 5.11 Å². The number of anilines is 1. The van der Waals surface area contributed by atoms with Crippen LogP contribution in [0.15, 0.2) is 30.3 Å². The van der Waals surface area contributed by atoms with Crippen LogP contribution in [0.2, 0.25) is 0 Å². The lowest BCUT2D eigenvalue weighted by molar-refractivity contribution is 0.190. The Morgan fingerprint density at radius 3 is 2.58 bits per heavy atom. The van der Waals surface area contributed by atoms with Crippen molar-refractivity contribution in [2.24, 2.45) is 0 Å². The van der Waals surface area contributed by atoms with E-state index in [-0.39, 0.29) is 2.85 Å². The van der Waals surface area contributed by atoms with Crippen LogP contribution in [0, 0.1) is 0 Å². The topological polar surface area (TPSA) is 27.3 Å². The van der Waals surface area contributed by atoms with E-state index in [1.165, 1.54) is 25.7 Å². The number of nitrogens with zero attached hydrogens (tertiary/aromatic N) is 1. The van der Waals surface area contributed by atoms with Crippen molar-refractivity contribution in [3.05, 3.63) is 30.3 Å². The average Bonchev–Trinajstić information content (AvgIpc) is 2.40. The van der Waals surface area contributed by atoms with Crippen LogP contribution in [0.3, 0.4) is 0 Å². The number of hydrogen-bond acceptors (Lipinski definition) is 2. The van der Waals surface area contributed by atoms with E-state index in [0.29, 0.717) is 12.1 Å². The van der Waals surface area contributed by atoms with Crippen molar-refractivity contribution in [1.82, 2.24) is 10.2 Å². The quantitative estimate of drug-likeness (QED) is 0.831. The minimum absolute atomic E-state index is 0. The Kier molecular flexibility index (Phi) is 5.16. The number of nitrogens with one attached hydrogen (secondary N) is 2. The molecule has 1 saturated carbocycles. The molecule has 0 amide bonds. The number of likely N-dealkylation sites (N-methyl/N-ethyl adjacent to an activating group) is 1. The molecule has 1 aromatic carbocycles. The molecule has 0 aromatic heterocycles. The summed E-state index contributed by atoms with van der Waals surface area (Å²) in [4.78, 5) is 2.31. The second-order valence-corrected chi connectivity index (χ2v) is 5.79. The van der Waals surface area contributed by atoms with E-state index >= 15 is 0 Å². The molecule has 0 radical (unpaired) electrons. The van der Waals surface area contributed by atoms with Crippen molar-refractivity contribution in [3.63, 3.8) is 0 Å². The molecule has 108 valence electrons. The lowest BCUT2D eigenvalue weighted by atomic mass is 9.90. The van der Waals surface area contributed by atoms with Crippen molar-refractivity contribution in [2.45, 2.75) is 37.8 Å². The first kappa shape index (κ1) is 14.3. The fraction of sp³-hybridized carbons (Fsp3) is 0.533. The summed E-state index contributed by atoms with van der Waals surface area (Å²) in [6.45, 7) is 0. The molecule has 0 spiro atoms. The molecule has 2 atom stereocenters. The van der Waals surface area contributed by atoms with Crippen molar-refractivity contribution in [3.8, 4) is 0 Å². The maximum Gasteiger partial charge on any atom is 0.171 e. The van der Waals surface area contributed by atoms with Gasteiger partial charge in [0.1, 0.15) is 0 Å². The van der Waals surface area contributed by atoms with Crippen LogP contribution in [0.25, 0.3) is 0 Å². The molecule has 2 N–H and O–H groups in total. The van der Waals surface area contributed by atoms with E-state index in [2.05, 4.69) is 29.6 Å². The second-order valence-electron chi connectivity index (χ2n) is 5.39. The fourth-order valence-electron chi connectivity index (χ4n) is 2.75. The van der Waals surface area contributed by atoms with Gasteiger partial charge in [0.05, 0.1) is 0 Å². The third-order valence-electron chi connectivity index (χ3n) is 3.74. The number of thiocarbonyl (C=S) groups is 1. The van der Waals surface area contributed by atoms with Crippen molar-refractivity contribution in [2.75, 3.05) is 19.4 Å². The van der Waals surface area contributed by atoms with Gasteiger partial charge in [-0.3, -0.25) is 0 Å². The fourth-order valence-corrected chi connectivity index (χ4v) is 3.02. The third kappa shape index (κ3) is 4.18. The van der Waals surface area contributed by atoms with Gasteiger partial charge in [0.2, 0.25) is 0 Å². The van der Waals surface area contributed by atoms with Gasteiger partial charge in [-0.1, -0.05) is 31.0 Å². The van der Waals surface area contributed by atoms with Crippen molar-refractivity contribution < 1.29 is 2.85 Å². The van der Waals surface area contributed by atoms with Gasteiger partial charge in [-0.05, 0) is 51.3 Å². The Balaban J connectivity index is 0.00000200. The maximum atomic E-state index is 5.42. The SMILES string of the molecule is CN(C)[C@@H]1CCCC[C@H]1NC(=S)Nc1ccccc1.[HH].[HH]. The molecule has 4 heteroatoms. The molecule has 0 saturated heterocycles. The Bertz CT molecular complexity index is 415. The van der Waals surface area contributed by atoms with Gasteiger partial charge < -0.3 is 15.5 Å². The number of benzene rings is 1. The monoisotopic (exact) mass is 281 g/mol. The van der Waals surface area contributed by atoms with Gasteiger partial charge >= 0.3 is 0 Å². The van der Waals surface area contributed by atoms with E-state index in [1.807, 2.05) is 30.3 Å². The summed E-state index contributed by atoms with van der Waals surface area (Å²) >= 11 is 5.42. The predicted octanol–water partition coefficient (Wildman–Crippen LogP) is 3.34. The molecule has 3 nitrogen and oxygen atoms in total. The zero-order valence-corrected chi connectivity index (χ0v) is 12.5. The Labute approximate surface area is 124 Å². The van der Waals surface area contributed by atoms with E-state index in [0.717, 1.165) is 10.8 Å². The van der Waals surface area contributed by atoms with Crippen LogP contribution >= 0.6 is 12.2 Å². The largest absolute Gasteiger partial charge is 0.358 e. The molecule has 1 aromatic rings. The summed E-state index contributed by atoms with van der Waals surface area (Å²) in [5, 5.41) is 7.45. The van der Waals surface area contributed by atoms with E-state index in [4.69, 9.17) is 12.2 Å². The van der Waals surface area contributed by atoms with Crippen LogP contribution < -0.4 is 10.6 Å². The molecule has 0 heterocycles. The second kappa shape index (κ2) is 6.87. The summed E-state index contributed by atoms with van der Waals surface area (Å²) in [5.74, 6) is 0. The number of rotatable bonds is 3. The maximum absolute atomic E-state index is 5.42. The van der Waals surface area contributed by atoms with Gasteiger partial charge in [-0.15, -0.1) is 0 Å². The summed E-state index contributed by atoms with van der Waals surface area (Å²) in [6.07, 6.45) is 5.05. The average molecular weight is 281 g/mol. The Hall–Kier alpha value is -1.13. The first-order chi connectivity index (χ1) is 9.16. The summed E-state index contributed by atoms with van der Waals surface area (Å²) in [7, 11) is 4.30. The standard InChI is InChI=1S/C15H23N3S.2H2/c1-18(2)14-11-7-6-10-13(14)17-15(19)16-12-8-4-3-5-9-12;;/h3-5,8-9,13-14H,6-7,10-11H2,1-2H3,(H2,16,17,19);2*1H/t13-,14-;;/m1../s1. The lowest BCUT2D eigenvalue weighted by Crippen LogP contribution is -2.52. The van der Waals surface area contributed by atoms with Crippen LogP contribution in [-0.4, -0.2) is 36.2 Å². The molecular weight excluding hydrogens is 254 g/mol. The highest BCUT2D eigenvalue weighted by Gasteiger charge is 2.26. The molecule has 0 aliphatic heterocycles. The smallest absolute Gasteiger partial charge is 0.171 e. The molecule has 19 heavy (non-hydrogen) atoms. The summed E-state index contributed by atoms with van der Waals surface area (Å²) in [5.41, 5.74) is 1.04. The molecule has 0 unspecified atom stereocenters. The van der Waals surface area contributed by atoms with Crippen LogP contribution in [0.4, 0.5) is 5.69 Å². The number of hydrogen-bond donors (Lipinski definition) is 2. The van der Waals surface area contributed by atoms with Gasteiger partial charge in [0.25, 0.3) is 0 Å². The third-order valence-corrected chi connectivity index (χ3v) is 3.96.